The topological polar surface area (TPSA) is 66.5 Å². The number of carbonyl (C=O) groups is 1. The van der Waals surface area contributed by atoms with E-state index in [0.29, 0.717) is 10.4 Å². The Labute approximate surface area is 157 Å². The second-order valence-electron chi connectivity index (χ2n) is 5.66. The maximum Gasteiger partial charge on any atom is 0.249 e. The first-order valence-corrected chi connectivity index (χ1v) is 9.41. The van der Waals surface area contributed by atoms with Crippen LogP contribution in [-0.4, -0.2) is 31.7 Å². The van der Waals surface area contributed by atoms with Crippen molar-refractivity contribution in [2.24, 2.45) is 0 Å². The van der Waals surface area contributed by atoms with Crippen LogP contribution < -0.4 is 5.32 Å². The van der Waals surface area contributed by atoms with Crippen LogP contribution in [0.3, 0.4) is 0 Å². The van der Waals surface area contributed by atoms with Gasteiger partial charge in [-0.25, -0.2) is 30.4 Å². The molecule has 2 aromatic rings. The molecule has 2 rings (SSSR count). The van der Waals surface area contributed by atoms with Gasteiger partial charge in [0, 0.05) is 6.54 Å². The minimum absolute atomic E-state index is 0.197. The summed E-state index contributed by atoms with van der Waals surface area (Å²) in [6, 6.07) is 3.80. The van der Waals surface area contributed by atoms with Gasteiger partial charge in [0.1, 0.15) is 11.6 Å². The maximum absolute atomic E-state index is 13.9. The molecule has 1 amide bonds. The van der Waals surface area contributed by atoms with Crippen molar-refractivity contribution in [3.63, 3.8) is 0 Å². The van der Waals surface area contributed by atoms with Crippen molar-refractivity contribution < 1.29 is 35.2 Å². The summed E-state index contributed by atoms with van der Waals surface area (Å²) in [5.41, 5.74) is -0.713. The number of nitrogens with zero attached hydrogens (tertiary/aromatic N) is 1. The summed E-state index contributed by atoms with van der Waals surface area (Å²) in [6.07, 6.45) is 0.197. The number of sulfonamides is 1. The number of halogens is 5. The third-order valence-electron chi connectivity index (χ3n) is 3.62. The second-order valence-corrected chi connectivity index (χ2v) is 7.54. The van der Waals surface area contributed by atoms with Crippen molar-refractivity contribution in [2.75, 3.05) is 18.4 Å². The Morgan fingerprint density at radius 2 is 1.57 bits per heavy atom. The third kappa shape index (κ3) is 4.47. The van der Waals surface area contributed by atoms with E-state index >= 15 is 0 Å². The van der Waals surface area contributed by atoms with Gasteiger partial charge >= 0.3 is 0 Å². The van der Waals surface area contributed by atoms with Gasteiger partial charge in [-0.15, -0.1) is 0 Å². The predicted molar refractivity (Wildman–Crippen MR) is 90.4 cm³/mol. The highest BCUT2D eigenvalue weighted by Crippen LogP contribution is 2.23. The van der Waals surface area contributed by atoms with Crippen LogP contribution in [-0.2, 0) is 14.8 Å². The molecule has 0 unspecified atom stereocenters. The quantitative estimate of drug-likeness (QED) is 0.549. The molecule has 2 aromatic carbocycles. The summed E-state index contributed by atoms with van der Waals surface area (Å²) in [7, 11) is -4.74. The summed E-state index contributed by atoms with van der Waals surface area (Å²) in [5.74, 6) is -8.75. The first-order valence-electron chi connectivity index (χ1n) is 7.97. The highest BCUT2D eigenvalue weighted by atomic mass is 32.2. The van der Waals surface area contributed by atoms with Crippen LogP contribution in [0.1, 0.15) is 13.3 Å². The van der Waals surface area contributed by atoms with E-state index in [0.717, 1.165) is 24.3 Å². The van der Waals surface area contributed by atoms with Crippen molar-refractivity contribution in [2.45, 2.75) is 18.2 Å². The van der Waals surface area contributed by atoms with Crippen LogP contribution in [0.4, 0.5) is 27.6 Å². The molecule has 1 N–H and O–H groups in total. The zero-order valence-electron chi connectivity index (χ0n) is 14.5. The van der Waals surface area contributed by atoms with Gasteiger partial charge in [-0.1, -0.05) is 13.0 Å². The molecule has 0 saturated carbocycles. The Morgan fingerprint density at radius 1 is 0.964 bits per heavy atom. The molecule has 0 radical (unpaired) electrons. The Bertz CT molecular complexity index is 978. The Kier molecular flexibility index (Phi) is 6.73. The molecule has 0 aliphatic heterocycles. The molecule has 28 heavy (non-hydrogen) atoms. The van der Waals surface area contributed by atoms with Crippen molar-refractivity contribution in [1.29, 1.82) is 0 Å². The van der Waals surface area contributed by atoms with Gasteiger partial charge in [0.25, 0.3) is 0 Å². The number of hydrogen-bond acceptors (Lipinski definition) is 3. The number of nitrogens with one attached hydrogen (secondary N) is 1. The standard InChI is InChI=1S/C17H15F5N2O3S/c1-2-8-24(28(26,27)17-11(19)4-3-5-12(17)20)9-14(25)23-13-7-6-10(18)15(21)16(13)22/h3-7H,2,8-9H2,1H3,(H,23,25). The number of carbonyl (C=O) groups excluding carboxylic acids is 1. The van der Waals surface area contributed by atoms with Gasteiger partial charge in [-0.3, -0.25) is 4.79 Å². The minimum Gasteiger partial charge on any atom is -0.322 e. The van der Waals surface area contributed by atoms with Gasteiger partial charge in [-0.2, -0.15) is 4.31 Å². The lowest BCUT2D eigenvalue weighted by Gasteiger charge is -2.21. The summed E-state index contributed by atoms with van der Waals surface area (Å²) in [5, 5.41) is 1.91. The molecule has 0 spiro atoms. The van der Waals surface area contributed by atoms with Crippen molar-refractivity contribution >= 4 is 21.6 Å². The first-order chi connectivity index (χ1) is 13.1. The first kappa shape index (κ1) is 21.8. The van der Waals surface area contributed by atoms with Gasteiger partial charge in [0.15, 0.2) is 22.3 Å². The number of amides is 1. The molecule has 0 aromatic heterocycles. The molecule has 0 fully saturated rings. The van der Waals surface area contributed by atoms with E-state index in [1.54, 1.807) is 6.92 Å². The van der Waals surface area contributed by atoms with Crippen molar-refractivity contribution in [3.8, 4) is 0 Å². The van der Waals surface area contributed by atoms with E-state index in [1.165, 1.54) is 0 Å². The Balaban J connectivity index is 2.30. The lowest BCUT2D eigenvalue weighted by Crippen LogP contribution is -2.39. The van der Waals surface area contributed by atoms with Crippen LogP contribution in [0.15, 0.2) is 35.2 Å². The van der Waals surface area contributed by atoms with Crippen LogP contribution in [0.5, 0.6) is 0 Å². The van der Waals surface area contributed by atoms with E-state index < -0.39 is 62.1 Å². The molecule has 0 aliphatic rings. The molecule has 0 bridgehead atoms. The average molecular weight is 422 g/mol. The summed E-state index contributed by atoms with van der Waals surface area (Å²) in [4.78, 5) is 10.9. The lowest BCUT2D eigenvalue weighted by molar-refractivity contribution is -0.116. The zero-order chi connectivity index (χ0) is 21.1. The average Bonchev–Trinajstić information content (AvgIpc) is 2.61. The normalized spacial score (nSPS) is 11.7. The smallest absolute Gasteiger partial charge is 0.249 e. The minimum atomic E-state index is -4.74. The van der Waals surface area contributed by atoms with Gasteiger partial charge < -0.3 is 5.32 Å². The molecular formula is C17H15F5N2O3S. The monoisotopic (exact) mass is 422 g/mol. The summed E-state index contributed by atoms with van der Waals surface area (Å²) >= 11 is 0. The van der Waals surface area contributed by atoms with Crippen LogP contribution in [0.25, 0.3) is 0 Å². The molecule has 5 nitrogen and oxygen atoms in total. The van der Waals surface area contributed by atoms with Crippen molar-refractivity contribution in [3.05, 3.63) is 59.4 Å². The molecule has 0 atom stereocenters. The van der Waals surface area contributed by atoms with E-state index in [1.807, 2.05) is 5.32 Å². The fourth-order valence-corrected chi connectivity index (χ4v) is 3.96. The maximum atomic E-state index is 13.9. The van der Waals surface area contributed by atoms with Crippen LogP contribution in [0.2, 0.25) is 0 Å². The highest BCUT2D eigenvalue weighted by molar-refractivity contribution is 7.89. The SMILES string of the molecule is CCCN(CC(=O)Nc1ccc(F)c(F)c1F)S(=O)(=O)c1c(F)cccc1F. The number of benzene rings is 2. The summed E-state index contributed by atoms with van der Waals surface area (Å²) < 4.78 is 93.3. The molecular weight excluding hydrogens is 407 g/mol. The molecule has 0 aliphatic carbocycles. The van der Waals surface area contributed by atoms with Gasteiger partial charge in [-0.05, 0) is 30.7 Å². The van der Waals surface area contributed by atoms with E-state index in [4.69, 9.17) is 0 Å². The zero-order valence-corrected chi connectivity index (χ0v) is 15.3. The second kappa shape index (κ2) is 8.65. The Morgan fingerprint density at radius 3 is 2.14 bits per heavy atom. The van der Waals surface area contributed by atoms with Gasteiger partial charge in [0.2, 0.25) is 15.9 Å². The lowest BCUT2D eigenvalue weighted by atomic mass is 10.2. The van der Waals surface area contributed by atoms with Crippen LogP contribution >= 0.6 is 0 Å². The number of rotatable bonds is 7. The Hall–Kier alpha value is -2.53. The molecule has 11 heteroatoms. The van der Waals surface area contributed by atoms with Gasteiger partial charge in [0.05, 0.1) is 12.2 Å². The predicted octanol–water partition coefficient (Wildman–Crippen LogP) is 3.42. The van der Waals surface area contributed by atoms with Crippen LogP contribution in [0, 0.1) is 29.1 Å². The fourth-order valence-electron chi connectivity index (χ4n) is 2.36. The largest absolute Gasteiger partial charge is 0.322 e. The summed E-state index contributed by atoms with van der Waals surface area (Å²) in [6.45, 7) is 0.360. The number of hydrogen-bond donors (Lipinski definition) is 1. The fraction of sp³-hybridized carbons (Fsp3) is 0.235. The van der Waals surface area contributed by atoms with E-state index in [-0.39, 0.29) is 13.0 Å². The molecule has 152 valence electrons. The molecule has 0 saturated heterocycles. The highest BCUT2D eigenvalue weighted by Gasteiger charge is 2.32. The van der Waals surface area contributed by atoms with E-state index in [2.05, 4.69) is 0 Å². The van der Waals surface area contributed by atoms with E-state index in [9.17, 15) is 35.2 Å². The molecule has 0 heterocycles. The van der Waals surface area contributed by atoms with Crippen molar-refractivity contribution in [1.82, 2.24) is 4.31 Å². The number of anilines is 1. The third-order valence-corrected chi connectivity index (χ3v) is 5.52.